The van der Waals surface area contributed by atoms with Crippen LogP contribution in [0.3, 0.4) is 0 Å². The van der Waals surface area contributed by atoms with Crippen LogP contribution in [-0.4, -0.2) is 18.1 Å². The molecule has 0 heterocycles. The highest BCUT2D eigenvalue weighted by Gasteiger charge is 2.06. The van der Waals surface area contributed by atoms with E-state index in [0.29, 0.717) is 6.04 Å². The highest BCUT2D eigenvalue weighted by Crippen LogP contribution is 2.18. The minimum absolute atomic E-state index is 0.202. The lowest BCUT2D eigenvalue weighted by Crippen LogP contribution is -2.30. The summed E-state index contributed by atoms with van der Waals surface area (Å²) < 4.78 is 13.7. The van der Waals surface area contributed by atoms with Gasteiger partial charge in [-0.05, 0) is 30.4 Å². The predicted molar refractivity (Wildman–Crippen MR) is 73.4 cm³/mol. The van der Waals surface area contributed by atoms with Gasteiger partial charge in [0.2, 0.25) is 0 Å². The molecule has 1 nitrogen and oxygen atoms in total. The number of rotatable bonds is 6. The van der Waals surface area contributed by atoms with E-state index in [0.717, 1.165) is 28.8 Å². The molecular weight excluding hydrogens is 289 g/mol. The Morgan fingerprint density at radius 3 is 2.81 bits per heavy atom. The molecule has 90 valence electrons. The Hall–Kier alpha value is -0.0600. The predicted octanol–water partition coefficient (Wildman–Crippen LogP) is 3.82. The second-order valence-electron chi connectivity index (χ2n) is 3.68. The zero-order valence-electron chi connectivity index (χ0n) is 9.59. The van der Waals surface area contributed by atoms with Gasteiger partial charge >= 0.3 is 0 Å². The Kier molecular flexibility index (Phi) is 6.39. The van der Waals surface area contributed by atoms with Gasteiger partial charge in [-0.15, -0.1) is 0 Å². The Morgan fingerprint density at radius 2 is 2.25 bits per heavy atom. The summed E-state index contributed by atoms with van der Waals surface area (Å²) in [6.07, 6.45) is 3.22. The van der Waals surface area contributed by atoms with E-state index in [1.165, 1.54) is 12.1 Å². The molecule has 4 heteroatoms. The van der Waals surface area contributed by atoms with Crippen molar-refractivity contribution in [2.45, 2.75) is 25.9 Å². The second-order valence-corrected chi connectivity index (χ2v) is 5.44. The number of benzene rings is 1. The monoisotopic (exact) mass is 305 g/mol. The van der Waals surface area contributed by atoms with Gasteiger partial charge in [0.05, 0.1) is 0 Å². The first-order chi connectivity index (χ1) is 7.67. The van der Waals surface area contributed by atoms with Gasteiger partial charge in [-0.3, -0.25) is 0 Å². The summed E-state index contributed by atoms with van der Waals surface area (Å²) in [6.45, 7) is 2.95. The lowest BCUT2D eigenvalue weighted by atomic mass is 10.2. The van der Waals surface area contributed by atoms with Crippen molar-refractivity contribution >= 4 is 27.7 Å². The average molecular weight is 306 g/mol. The van der Waals surface area contributed by atoms with E-state index >= 15 is 0 Å². The molecule has 0 saturated heterocycles. The molecule has 1 atom stereocenters. The zero-order chi connectivity index (χ0) is 12.0. The van der Waals surface area contributed by atoms with Gasteiger partial charge in [0.1, 0.15) is 5.82 Å². The molecule has 0 aromatic heterocycles. The van der Waals surface area contributed by atoms with Crippen molar-refractivity contribution in [3.8, 4) is 0 Å². The molecular formula is C12H17BrFNS. The van der Waals surface area contributed by atoms with Crippen LogP contribution in [0.15, 0.2) is 22.7 Å². The molecule has 0 spiro atoms. The Morgan fingerprint density at radius 1 is 1.50 bits per heavy atom. The van der Waals surface area contributed by atoms with Gasteiger partial charge in [-0.25, -0.2) is 4.39 Å². The molecule has 1 unspecified atom stereocenters. The summed E-state index contributed by atoms with van der Waals surface area (Å²) in [6, 6.07) is 5.34. The van der Waals surface area contributed by atoms with Crippen LogP contribution in [0.5, 0.6) is 0 Å². The largest absolute Gasteiger partial charge is 0.309 e. The fourth-order valence-electron chi connectivity index (χ4n) is 1.44. The van der Waals surface area contributed by atoms with Gasteiger partial charge in [0, 0.05) is 22.8 Å². The van der Waals surface area contributed by atoms with Crippen LogP contribution in [0.4, 0.5) is 4.39 Å². The average Bonchev–Trinajstić information content (AvgIpc) is 2.26. The minimum atomic E-state index is -0.202. The minimum Gasteiger partial charge on any atom is -0.309 e. The summed E-state index contributed by atoms with van der Waals surface area (Å²) in [5.41, 5.74) is 1.10. The molecule has 16 heavy (non-hydrogen) atoms. The summed E-state index contributed by atoms with van der Waals surface area (Å²) in [5.74, 6) is 0.904. The molecule has 0 fully saturated rings. The van der Waals surface area contributed by atoms with Crippen molar-refractivity contribution in [3.63, 3.8) is 0 Å². The molecule has 1 aromatic rings. The van der Waals surface area contributed by atoms with Crippen LogP contribution in [-0.2, 0) is 6.54 Å². The molecule has 0 aliphatic heterocycles. The highest BCUT2D eigenvalue weighted by atomic mass is 79.9. The normalized spacial score (nSPS) is 12.8. The Bertz CT molecular complexity index is 333. The topological polar surface area (TPSA) is 12.0 Å². The highest BCUT2D eigenvalue weighted by molar-refractivity contribution is 9.10. The standard InChI is InChI=1S/C12H17BrFNS/c1-3-11(8-16-2)15-7-9-4-5-10(14)6-12(9)13/h4-6,11,15H,3,7-8H2,1-2H3. The van der Waals surface area contributed by atoms with E-state index in [-0.39, 0.29) is 5.82 Å². The maximum atomic E-state index is 12.9. The second kappa shape index (κ2) is 7.30. The number of hydrogen-bond acceptors (Lipinski definition) is 2. The van der Waals surface area contributed by atoms with E-state index in [1.807, 2.05) is 17.8 Å². The van der Waals surface area contributed by atoms with E-state index in [1.54, 1.807) is 0 Å². The maximum absolute atomic E-state index is 12.9. The molecule has 0 radical (unpaired) electrons. The van der Waals surface area contributed by atoms with Crippen molar-refractivity contribution in [1.29, 1.82) is 0 Å². The molecule has 1 aromatic carbocycles. The number of nitrogens with one attached hydrogen (secondary N) is 1. The van der Waals surface area contributed by atoms with Gasteiger partial charge in [-0.2, -0.15) is 11.8 Å². The molecule has 0 saturated carbocycles. The van der Waals surface area contributed by atoms with Crippen LogP contribution in [0, 0.1) is 5.82 Å². The van der Waals surface area contributed by atoms with Crippen LogP contribution >= 0.6 is 27.7 Å². The molecule has 0 aliphatic carbocycles. The first-order valence-corrected chi connectivity index (χ1v) is 7.52. The van der Waals surface area contributed by atoms with Gasteiger partial charge < -0.3 is 5.32 Å². The summed E-state index contributed by atoms with van der Waals surface area (Å²) in [5, 5.41) is 3.47. The van der Waals surface area contributed by atoms with Crippen LogP contribution in [0.25, 0.3) is 0 Å². The van der Waals surface area contributed by atoms with E-state index in [4.69, 9.17) is 0 Å². The summed E-state index contributed by atoms with van der Waals surface area (Å²) in [4.78, 5) is 0. The summed E-state index contributed by atoms with van der Waals surface area (Å²) in [7, 11) is 0. The lowest BCUT2D eigenvalue weighted by Gasteiger charge is -2.16. The molecule has 0 aliphatic rings. The first-order valence-electron chi connectivity index (χ1n) is 5.33. The zero-order valence-corrected chi connectivity index (χ0v) is 12.0. The number of thioether (sulfide) groups is 1. The lowest BCUT2D eigenvalue weighted by molar-refractivity contribution is 0.539. The Balaban J connectivity index is 2.53. The van der Waals surface area contributed by atoms with Crippen molar-refractivity contribution in [2.75, 3.05) is 12.0 Å². The molecule has 0 amide bonds. The smallest absolute Gasteiger partial charge is 0.124 e. The van der Waals surface area contributed by atoms with Crippen molar-refractivity contribution in [3.05, 3.63) is 34.1 Å². The van der Waals surface area contributed by atoms with E-state index in [2.05, 4.69) is 34.4 Å². The quantitative estimate of drug-likeness (QED) is 0.857. The fraction of sp³-hybridized carbons (Fsp3) is 0.500. The third-order valence-electron chi connectivity index (χ3n) is 2.46. The third kappa shape index (κ3) is 4.44. The van der Waals surface area contributed by atoms with Crippen molar-refractivity contribution in [2.24, 2.45) is 0 Å². The maximum Gasteiger partial charge on any atom is 0.124 e. The van der Waals surface area contributed by atoms with Crippen LogP contribution < -0.4 is 5.32 Å². The summed E-state index contributed by atoms with van der Waals surface area (Å²) >= 11 is 5.21. The first kappa shape index (κ1) is 14.0. The van der Waals surface area contributed by atoms with Gasteiger partial charge in [0.25, 0.3) is 0 Å². The van der Waals surface area contributed by atoms with E-state index < -0.39 is 0 Å². The fourth-order valence-corrected chi connectivity index (χ4v) is 2.69. The van der Waals surface area contributed by atoms with E-state index in [9.17, 15) is 4.39 Å². The number of hydrogen-bond donors (Lipinski definition) is 1. The van der Waals surface area contributed by atoms with Gasteiger partial charge in [-0.1, -0.05) is 28.9 Å². The van der Waals surface area contributed by atoms with Crippen molar-refractivity contribution < 1.29 is 4.39 Å². The van der Waals surface area contributed by atoms with Crippen molar-refractivity contribution in [1.82, 2.24) is 5.32 Å². The van der Waals surface area contributed by atoms with Gasteiger partial charge in [0.15, 0.2) is 0 Å². The van der Waals surface area contributed by atoms with Crippen LogP contribution in [0.2, 0.25) is 0 Å². The molecule has 0 bridgehead atoms. The molecule has 1 rings (SSSR count). The third-order valence-corrected chi connectivity index (χ3v) is 3.93. The number of halogens is 2. The van der Waals surface area contributed by atoms with Crippen LogP contribution in [0.1, 0.15) is 18.9 Å². The SMILES string of the molecule is CCC(CSC)NCc1ccc(F)cc1Br. The Labute approximate surface area is 109 Å². The molecule has 1 N–H and O–H groups in total.